The SMILES string of the molecule is COCCCOc1nc2c(cc1C(=O)O)CCCC2. The van der Waals surface area contributed by atoms with E-state index in [0.717, 1.165) is 36.9 Å². The van der Waals surface area contributed by atoms with Gasteiger partial charge in [0.05, 0.1) is 6.61 Å². The van der Waals surface area contributed by atoms with Gasteiger partial charge in [0.15, 0.2) is 0 Å². The lowest BCUT2D eigenvalue weighted by Crippen LogP contribution is -2.13. The fourth-order valence-electron chi connectivity index (χ4n) is 2.25. The fourth-order valence-corrected chi connectivity index (χ4v) is 2.25. The highest BCUT2D eigenvalue weighted by Crippen LogP contribution is 2.26. The number of fused-ring (bicyclic) bond motifs is 1. The third kappa shape index (κ3) is 3.44. The average Bonchev–Trinajstić information content (AvgIpc) is 2.42. The summed E-state index contributed by atoms with van der Waals surface area (Å²) >= 11 is 0. The number of hydrogen-bond acceptors (Lipinski definition) is 4. The molecule has 0 amide bonds. The Labute approximate surface area is 112 Å². The van der Waals surface area contributed by atoms with Crippen LogP contribution in [-0.2, 0) is 17.6 Å². The molecule has 1 aliphatic carbocycles. The Morgan fingerprint density at radius 1 is 1.37 bits per heavy atom. The van der Waals surface area contributed by atoms with E-state index in [1.54, 1.807) is 13.2 Å². The summed E-state index contributed by atoms with van der Waals surface area (Å²) in [6, 6.07) is 1.72. The monoisotopic (exact) mass is 265 g/mol. The van der Waals surface area contributed by atoms with Crippen LogP contribution in [0.25, 0.3) is 0 Å². The quantitative estimate of drug-likeness (QED) is 0.797. The lowest BCUT2D eigenvalue weighted by molar-refractivity contribution is 0.0690. The Hall–Kier alpha value is -1.62. The van der Waals surface area contributed by atoms with E-state index in [1.807, 2.05) is 0 Å². The maximum atomic E-state index is 11.3. The molecule has 1 aromatic heterocycles. The number of rotatable bonds is 6. The summed E-state index contributed by atoms with van der Waals surface area (Å²) in [4.78, 5) is 15.6. The summed E-state index contributed by atoms with van der Waals surface area (Å²) in [7, 11) is 1.62. The molecule has 0 saturated heterocycles. The second-order valence-electron chi connectivity index (χ2n) is 4.65. The highest BCUT2D eigenvalue weighted by molar-refractivity contribution is 5.90. The summed E-state index contributed by atoms with van der Waals surface area (Å²) in [5, 5.41) is 9.23. The molecule has 0 aromatic carbocycles. The number of nitrogens with zero attached hydrogens (tertiary/aromatic N) is 1. The molecule has 2 rings (SSSR count). The van der Waals surface area contributed by atoms with Crippen molar-refractivity contribution in [3.8, 4) is 5.88 Å². The van der Waals surface area contributed by atoms with Gasteiger partial charge in [0.25, 0.3) is 0 Å². The Kier molecular flexibility index (Phi) is 4.74. The lowest BCUT2D eigenvalue weighted by Gasteiger charge is -2.17. The predicted octanol–water partition coefficient (Wildman–Crippen LogP) is 2.07. The van der Waals surface area contributed by atoms with Gasteiger partial charge in [0.1, 0.15) is 5.56 Å². The minimum atomic E-state index is -0.984. The summed E-state index contributed by atoms with van der Waals surface area (Å²) in [6.07, 6.45) is 4.74. The average molecular weight is 265 g/mol. The minimum absolute atomic E-state index is 0.165. The summed E-state index contributed by atoms with van der Waals surface area (Å²) < 4.78 is 10.4. The number of pyridine rings is 1. The van der Waals surface area contributed by atoms with Crippen LogP contribution >= 0.6 is 0 Å². The van der Waals surface area contributed by atoms with Gasteiger partial charge in [0, 0.05) is 25.8 Å². The molecular weight excluding hydrogens is 246 g/mol. The first-order chi connectivity index (χ1) is 9.22. The molecule has 1 aliphatic rings. The molecule has 0 unspecified atom stereocenters. The fraction of sp³-hybridized carbons (Fsp3) is 0.571. The first-order valence-electron chi connectivity index (χ1n) is 6.60. The van der Waals surface area contributed by atoms with Crippen molar-refractivity contribution in [2.24, 2.45) is 0 Å². The normalized spacial score (nSPS) is 13.9. The van der Waals surface area contributed by atoms with Crippen LogP contribution in [0, 0.1) is 0 Å². The second-order valence-corrected chi connectivity index (χ2v) is 4.65. The Morgan fingerprint density at radius 2 is 2.16 bits per heavy atom. The van der Waals surface area contributed by atoms with Crippen molar-refractivity contribution in [2.45, 2.75) is 32.1 Å². The number of hydrogen-bond donors (Lipinski definition) is 1. The summed E-state index contributed by atoms with van der Waals surface area (Å²) in [5.41, 5.74) is 2.20. The van der Waals surface area contributed by atoms with Crippen molar-refractivity contribution in [3.05, 3.63) is 22.9 Å². The minimum Gasteiger partial charge on any atom is -0.477 e. The zero-order valence-electron chi connectivity index (χ0n) is 11.1. The first-order valence-corrected chi connectivity index (χ1v) is 6.60. The van der Waals surface area contributed by atoms with E-state index in [9.17, 15) is 9.90 Å². The third-order valence-electron chi connectivity index (χ3n) is 3.23. The van der Waals surface area contributed by atoms with Crippen LogP contribution in [0.15, 0.2) is 6.07 Å². The Bertz CT molecular complexity index is 459. The van der Waals surface area contributed by atoms with Gasteiger partial charge in [-0.2, -0.15) is 0 Å². The van der Waals surface area contributed by atoms with Gasteiger partial charge in [0.2, 0.25) is 5.88 Å². The first kappa shape index (κ1) is 13.8. The lowest BCUT2D eigenvalue weighted by atomic mass is 9.95. The molecule has 104 valence electrons. The molecule has 0 spiro atoms. The van der Waals surface area contributed by atoms with Gasteiger partial charge in [-0.25, -0.2) is 9.78 Å². The van der Waals surface area contributed by atoms with E-state index in [0.29, 0.717) is 19.6 Å². The van der Waals surface area contributed by atoms with E-state index in [1.165, 1.54) is 0 Å². The number of ether oxygens (including phenoxy) is 2. The predicted molar refractivity (Wildman–Crippen MR) is 69.8 cm³/mol. The smallest absolute Gasteiger partial charge is 0.341 e. The molecule has 0 aliphatic heterocycles. The van der Waals surface area contributed by atoms with Crippen LogP contribution in [0.3, 0.4) is 0 Å². The zero-order chi connectivity index (χ0) is 13.7. The molecule has 19 heavy (non-hydrogen) atoms. The van der Waals surface area contributed by atoms with E-state index >= 15 is 0 Å². The molecule has 1 aromatic rings. The maximum Gasteiger partial charge on any atom is 0.341 e. The summed E-state index contributed by atoms with van der Waals surface area (Å²) in [5.74, 6) is -0.744. The number of aromatic carboxylic acids is 1. The van der Waals surface area contributed by atoms with Crippen molar-refractivity contribution in [3.63, 3.8) is 0 Å². The van der Waals surface area contributed by atoms with Crippen LogP contribution in [0.4, 0.5) is 0 Å². The van der Waals surface area contributed by atoms with Gasteiger partial charge in [-0.3, -0.25) is 0 Å². The molecule has 1 heterocycles. The molecule has 5 nitrogen and oxygen atoms in total. The molecule has 0 bridgehead atoms. The van der Waals surface area contributed by atoms with Crippen molar-refractivity contribution < 1.29 is 19.4 Å². The molecule has 0 saturated carbocycles. The van der Waals surface area contributed by atoms with Crippen LogP contribution in [0.1, 0.15) is 40.9 Å². The number of carboxylic acid groups (broad SMARTS) is 1. The Balaban J connectivity index is 2.17. The van der Waals surface area contributed by atoms with Gasteiger partial charge in [-0.1, -0.05) is 0 Å². The molecular formula is C14H19NO4. The zero-order valence-corrected chi connectivity index (χ0v) is 11.1. The van der Waals surface area contributed by atoms with Crippen LogP contribution in [-0.4, -0.2) is 36.4 Å². The van der Waals surface area contributed by atoms with E-state index in [2.05, 4.69) is 4.98 Å². The van der Waals surface area contributed by atoms with E-state index < -0.39 is 5.97 Å². The molecule has 0 atom stereocenters. The van der Waals surface area contributed by atoms with Gasteiger partial charge >= 0.3 is 5.97 Å². The number of aromatic nitrogens is 1. The number of methoxy groups -OCH3 is 1. The van der Waals surface area contributed by atoms with Crippen molar-refractivity contribution >= 4 is 5.97 Å². The second kappa shape index (κ2) is 6.52. The number of carbonyl (C=O) groups is 1. The van der Waals surface area contributed by atoms with Crippen LogP contribution in [0.2, 0.25) is 0 Å². The molecule has 0 radical (unpaired) electrons. The molecule has 0 fully saturated rings. The van der Waals surface area contributed by atoms with Crippen molar-refractivity contribution in [2.75, 3.05) is 20.3 Å². The topological polar surface area (TPSA) is 68.7 Å². The van der Waals surface area contributed by atoms with Gasteiger partial charge < -0.3 is 14.6 Å². The third-order valence-corrected chi connectivity index (χ3v) is 3.23. The highest BCUT2D eigenvalue weighted by Gasteiger charge is 2.19. The summed E-state index contributed by atoms with van der Waals surface area (Å²) in [6.45, 7) is 1.01. The molecule has 5 heteroatoms. The van der Waals surface area contributed by atoms with Crippen LogP contribution in [0.5, 0.6) is 5.88 Å². The standard InChI is InChI=1S/C14H19NO4/c1-18-7-4-8-19-13-11(14(16)17)9-10-5-2-3-6-12(10)15-13/h9H,2-8H2,1H3,(H,16,17). The largest absolute Gasteiger partial charge is 0.477 e. The van der Waals surface area contributed by atoms with Crippen molar-refractivity contribution in [1.29, 1.82) is 0 Å². The van der Waals surface area contributed by atoms with E-state index in [4.69, 9.17) is 9.47 Å². The maximum absolute atomic E-state index is 11.3. The van der Waals surface area contributed by atoms with Crippen LogP contribution < -0.4 is 4.74 Å². The van der Waals surface area contributed by atoms with E-state index in [-0.39, 0.29) is 11.4 Å². The Morgan fingerprint density at radius 3 is 2.89 bits per heavy atom. The number of carboxylic acids is 1. The number of aryl methyl sites for hydroxylation is 2. The van der Waals surface area contributed by atoms with Gasteiger partial charge in [-0.05, 0) is 37.3 Å². The highest BCUT2D eigenvalue weighted by atomic mass is 16.5. The van der Waals surface area contributed by atoms with Gasteiger partial charge in [-0.15, -0.1) is 0 Å². The van der Waals surface area contributed by atoms with Crippen molar-refractivity contribution in [1.82, 2.24) is 4.98 Å². The molecule has 1 N–H and O–H groups in total.